The van der Waals surface area contributed by atoms with Gasteiger partial charge in [-0.15, -0.1) is 0 Å². The van der Waals surface area contributed by atoms with Crippen LogP contribution in [0.5, 0.6) is 11.5 Å². The minimum absolute atomic E-state index is 0.0412. The van der Waals surface area contributed by atoms with E-state index in [1.165, 1.54) is 0 Å². The summed E-state index contributed by atoms with van der Waals surface area (Å²) in [4.78, 5) is 26.8. The van der Waals surface area contributed by atoms with Crippen LogP contribution in [0.2, 0.25) is 0 Å². The summed E-state index contributed by atoms with van der Waals surface area (Å²) in [5.74, 6) is 0.246. The quantitative estimate of drug-likeness (QED) is 0.678. The number of amides is 1. The van der Waals surface area contributed by atoms with Crippen molar-refractivity contribution in [3.05, 3.63) is 23.8 Å². The minimum Gasteiger partial charge on any atom is -0.490 e. The molecule has 7 nitrogen and oxygen atoms in total. The Labute approximate surface area is 160 Å². The molecule has 3 atom stereocenters. The monoisotopic (exact) mass is 379 g/mol. The first kappa shape index (κ1) is 21.0. The number of rotatable bonds is 7. The van der Waals surface area contributed by atoms with Crippen LogP contribution in [0.15, 0.2) is 18.2 Å². The number of benzene rings is 1. The van der Waals surface area contributed by atoms with Crippen molar-refractivity contribution < 1.29 is 28.5 Å². The van der Waals surface area contributed by atoms with E-state index in [1.807, 2.05) is 27.7 Å². The lowest BCUT2D eigenvalue weighted by Gasteiger charge is -2.36. The number of hydrogen-bond donors (Lipinski definition) is 0. The summed E-state index contributed by atoms with van der Waals surface area (Å²) in [6.07, 6.45) is -0.960. The van der Waals surface area contributed by atoms with E-state index in [0.717, 1.165) is 0 Å². The van der Waals surface area contributed by atoms with Crippen LogP contribution in [0.25, 0.3) is 0 Å². The Morgan fingerprint density at radius 2 is 1.70 bits per heavy atom. The fourth-order valence-electron chi connectivity index (χ4n) is 3.07. The van der Waals surface area contributed by atoms with Crippen LogP contribution in [0.4, 0.5) is 0 Å². The Balaban J connectivity index is 2.05. The molecule has 1 aromatic rings. The lowest BCUT2D eigenvalue weighted by Crippen LogP contribution is -2.51. The van der Waals surface area contributed by atoms with Crippen LogP contribution < -0.4 is 9.47 Å². The zero-order valence-electron chi connectivity index (χ0n) is 16.7. The van der Waals surface area contributed by atoms with Gasteiger partial charge in [0.2, 0.25) is 0 Å². The van der Waals surface area contributed by atoms with Gasteiger partial charge in [0, 0.05) is 13.1 Å². The molecule has 2 rings (SSSR count). The molecule has 3 unspecified atom stereocenters. The van der Waals surface area contributed by atoms with Gasteiger partial charge in [-0.1, -0.05) is 0 Å². The standard InChI is InChI=1S/C20H29NO6/c1-6-24-17-9-8-16(10-18(17)25-7-2)20(23)27-15(5)19(22)21-11-13(3)26-14(4)12-21/h8-10,13-15H,6-7,11-12H2,1-5H3. The number of carbonyl (C=O) groups is 2. The normalized spacial score (nSPS) is 20.7. The molecular formula is C20H29NO6. The highest BCUT2D eigenvalue weighted by Gasteiger charge is 2.30. The van der Waals surface area contributed by atoms with Crippen molar-refractivity contribution in [2.75, 3.05) is 26.3 Å². The first-order chi connectivity index (χ1) is 12.8. The fourth-order valence-corrected chi connectivity index (χ4v) is 3.07. The Bertz CT molecular complexity index is 652. The van der Waals surface area contributed by atoms with Crippen molar-refractivity contribution in [1.82, 2.24) is 4.90 Å². The van der Waals surface area contributed by atoms with Crippen molar-refractivity contribution in [3.63, 3.8) is 0 Å². The van der Waals surface area contributed by atoms with Crippen LogP contribution in [-0.2, 0) is 14.3 Å². The summed E-state index contributed by atoms with van der Waals surface area (Å²) in [6, 6.07) is 4.85. The molecule has 7 heteroatoms. The molecule has 1 aromatic carbocycles. The van der Waals surface area contributed by atoms with Crippen molar-refractivity contribution >= 4 is 11.9 Å². The van der Waals surface area contributed by atoms with Gasteiger partial charge in [-0.25, -0.2) is 4.79 Å². The van der Waals surface area contributed by atoms with E-state index in [2.05, 4.69) is 0 Å². The number of hydrogen-bond acceptors (Lipinski definition) is 6. The molecular weight excluding hydrogens is 350 g/mol. The smallest absolute Gasteiger partial charge is 0.339 e. The van der Waals surface area contributed by atoms with E-state index in [1.54, 1.807) is 30.0 Å². The van der Waals surface area contributed by atoms with E-state index in [-0.39, 0.29) is 18.1 Å². The Morgan fingerprint density at radius 1 is 1.11 bits per heavy atom. The average molecular weight is 379 g/mol. The van der Waals surface area contributed by atoms with Crippen molar-refractivity contribution in [3.8, 4) is 11.5 Å². The molecule has 1 fully saturated rings. The van der Waals surface area contributed by atoms with Crippen LogP contribution in [0.3, 0.4) is 0 Å². The van der Waals surface area contributed by atoms with E-state index < -0.39 is 12.1 Å². The first-order valence-electron chi connectivity index (χ1n) is 9.40. The number of morpholine rings is 1. The molecule has 0 saturated carbocycles. The molecule has 1 saturated heterocycles. The van der Waals surface area contributed by atoms with E-state index in [0.29, 0.717) is 43.4 Å². The van der Waals surface area contributed by atoms with Gasteiger partial charge in [-0.3, -0.25) is 4.79 Å². The largest absolute Gasteiger partial charge is 0.490 e. The van der Waals surface area contributed by atoms with Crippen molar-refractivity contribution in [2.45, 2.75) is 52.9 Å². The molecule has 0 radical (unpaired) electrons. The summed E-state index contributed by atoms with van der Waals surface area (Å²) >= 11 is 0. The predicted molar refractivity (Wildman–Crippen MR) is 100 cm³/mol. The van der Waals surface area contributed by atoms with Crippen LogP contribution in [-0.4, -0.2) is 61.4 Å². The molecule has 0 aromatic heterocycles. The van der Waals surface area contributed by atoms with Gasteiger partial charge in [-0.05, 0) is 52.8 Å². The fraction of sp³-hybridized carbons (Fsp3) is 0.600. The Morgan fingerprint density at radius 3 is 2.30 bits per heavy atom. The van der Waals surface area contributed by atoms with Gasteiger partial charge in [0.25, 0.3) is 5.91 Å². The second-order valence-corrected chi connectivity index (χ2v) is 6.58. The van der Waals surface area contributed by atoms with E-state index >= 15 is 0 Å². The highest BCUT2D eigenvalue weighted by Crippen LogP contribution is 2.29. The Hall–Kier alpha value is -2.28. The topological polar surface area (TPSA) is 74.3 Å². The Kier molecular flexibility index (Phi) is 7.47. The molecule has 150 valence electrons. The molecule has 27 heavy (non-hydrogen) atoms. The van der Waals surface area contributed by atoms with Gasteiger partial charge in [0.1, 0.15) is 0 Å². The molecule has 1 heterocycles. The summed E-state index contributed by atoms with van der Waals surface area (Å²) in [5.41, 5.74) is 0.310. The summed E-state index contributed by atoms with van der Waals surface area (Å²) < 4.78 is 22.0. The average Bonchev–Trinajstić information content (AvgIpc) is 2.62. The van der Waals surface area contributed by atoms with Crippen molar-refractivity contribution in [2.24, 2.45) is 0 Å². The maximum Gasteiger partial charge on any atom is 0.339 e. The molecule has 1 aliphatic heterocycles. The van der Waals surface area contributed by atoms with Gasteiger partial charge >= 0.3 is 5.97 Å². The third-order valence-electron chi connectivity index (χ3n) is 4.14. The molecule has 0 N–H and O–H groups in total. The third kappa shape index (κ3) is 5.60. The van der Waals surface area contributed by atoms with Gasteiger partial charge in [-0.2, -0.15) is 0 Å². The minimum atomic E-state index is -0.878. The SMILES string of the molecule is CCOc1ccc(C(=O)OC(C)C(=O)N2CC(C)OC(C)C2)cc1OCC. The number of nitrogens with zero attached hydrogens (tertiary/aromatic N) is 1. The van der Waals surface area contributed by atoms with E-state index in [4.69, 9.17) is 18.9 Å². The lowest BCUT2D eigenvalue weighted by atomic mass is 10.2. The van der Waals surface area contributed by atoms with Gasteiger partial charge < -0.3 is 23.8 Å². The van der Waals surface area contributed by atoms with Crippen molar-refractivity contribution in [1.29, 1.82) is 0 Å². The second-order valence-electron chi connectivity index (χ2n) is 6.58. The maximum absolute atomic E-state index is 12.6. The third-order valence-corrected chi connectivity index (χ3v) is 4.14. The van der Waals surface area contributed by atoms with Crippen LogP contribution >= 0.6 is 0 Å². The zero-order chi connectivity index (χ0) is 20.0. The highest BCUT2D eigenvalue weighted by molar-refractivity contribution is 5.92. The molecule has 0 spiro atoms. The van der Waals surface area contributed by atoms with Crippen LogP contribution in [0, 0.1) is 0 Å². The molecule has 0 bridgehead atoms. The second kappa shape index (κ2) is 9.60. The number of carbonyl (C=O) groups excluding carboxylic acids is 2. The highest BCUT2D eigenvalue weighted by atomic mass is 16.5. The molecule has 0 aliphatic carbocycles. The first-order valence-corrected chi connectivity index (χ1v) is 9.40. The summed E-state index contributed by atoms with van der Waals surface area (Å²) in [7, 11) is 0. The van der Waals surface area contributed by atoms with Gasteiger partial charge in [0.05, 0.1) is 31.0 Å². The summed E-state index contributed by atoms with van der Waals surface area (Å²) in [6.45, 7) is 11.1. The molecule has 1 aliphatic rings. The number of esters is 1. The van der Waals surface area contributed by atoms with Crippen LogP contribution in [0.1, 0.15) is 45.0 Å². The van der Waals surface area contributed by atoms with E-state index in [9.17, 15) is 9.59 Å². The molecule has 1 amide bonds. The number of ether oxygens (including phenoxy) is 4. The maximum atomic E-state index is 12.6. The van der Waals surface area contributed by atoms with Gasteiger partial charge in [0.15, 0.2) is 17.6 Å². The predicted octanol–water partition coefficient (Wildman–Crippen LogP) is 2.67. The lowest BCUT2D eigenvalue weighted by molar-refractivity contribution is -0.151. The zero-order valence-corrected chi connectivity index (χ0v) is 16.7. The summed E-state index contributed by atoms with van der Waals surface area (Å²) in [5, 5.41) is 0.